The highest BCUT2D eigenvalue weighted by Crippen LogP contribution is 2.20. The number of rotatable bonds is 7. The third kappa shape index (κ3) is 10.5. The molecule has 0 bridgehead atoms. The number of amides is 2. The highest BCUT2D eigenvalue weighted by Gasteiger charge is 2.21. The number of benzene rings is 1. The van der Waals surface area contributed by atoms with E-state index in [0.29, 0.717) is 6.54 Å². The Bertz CT molecular complexity index is 619. The first-order chi connectivity index (χ1) is 12.9. The van der Waals surface area contributed by atoms with E-state index in [0.717, 1.165) is 37.7 Å². The summed E-state index contributed by atoms with van der Waals surface area (Å²) in [6.07, 6.45) is 11.4. The van der Waals surface area contributed by atoms with Crippen LogP contribution in [0.5, 0.6) is 5.75 Å². The van der Waals surface area contributed by atoms with Crippen molar-refractivity contribution in [3.63, 3.8) is 0 Å². The zero-order valence-electron chi connectivity index (χ0n) is 17.1. The summed E-state index contributed by atoms with van der Waals surface area (Å²) in [4.78, 5) is 12.1. The van der Waals surface area contributed by atoms with Crippen molar-refractivity contribution in [2.45, 2.75) is 51.5 Å². The summed E-state index contributed by atoms with van der Waals surface area (Å²) in [7, 11) is 3.75. The number of urea groups is 1. The van der Waals surface area contributed by atoms with Crippen LogP contribution in [0, 0.1) is 0 Å². The molecule has 0 saturated heterocycles. The van der Waals surface area contributed by atoms with Crippen molar-refractivity contribution in [3.05, 3.63) is 53.6 Å². The van der Waals surface area contributed by atoms with Crippen molar-refractivity contribution in [3.8, 4) is 5.75 Å². The Kier molecular flexibility index (Phi) is 10.3. The number of phenolic OH excluding ortho intramolecular Hbond substituents is 1. The Hall–Kier alpha value is -2.27. The van der Waals surface area contributed by atoms with Gasteiger partial charge in [0.05, 0.1) is 0 Å². The molecular formula is C22H35N3O2. The molecule has 0 radical (unpaired) electrons. The Balaban J connectivity index is 0.00000114. The van der Waals surface area contributed by atoms with Crippen molar-refractivity contribution < 1.29 is 9.90 Å². The van der Waals surface area contributed by atoms with Crippen LogP contribution in [0.2, 0.25) is 0 Å². The van der Waals surface area contributed by atoms with Crippen molar-refractivity contribution >= 4 is 6.03 Å². The number of nitrogens with one attached hydrogen (secondary N) is 3. The van der Waals surface area contributed by atoms with E-state index in [1.807, 2.05) is 40.1 Å². The Morgan fingerprint density at radius 1 is 1.15 bits per heavy atom. The van der Waals surface area contributed by atoms with Crippen LogP contribution in [0.15, 0.2) is 48.1 Å². The van der Waals surface area contributed by atoms with Gasteiger partial charge in [-0.3, -0.25) is 0 Å². The molecule has 0 aliphatic heterocycles. The Labute approximate surface area is 163 Å². The number of aromatic hydroxyl groups is 1. The highest BCUT2D eigenvalue weighted by atomic mass is 16.3. The number of hydrogen-bond acceptors (Lipinski definition) is 3. The first kappa shape index (κ1) is 22.8. The lowest BCUT2D eigenvalue weighted by molar-refractivity contribution is 0.229. The zero-order chi connectivity index (χ0) is 20.1. The summed E-state index contributed by atoms with van der Waals surface area (Å²) in [5.74, 6) is 0.279. The second-order valence-electron chi connectivity index (χ2n) is 7.47. The van der Waals surface area contributed by atoms with Crippen molar-refractivity contribution in [1.29, 1.82) is 0 Å². The van der Waals surface area contributed by atoms with Crippen LogP contribution in [0.25, 0.3) is 0 Å². The van der Waals surface area contributed by atoms with Gasteiger partial charge in [-0.1, -0.05) is 35.9 Å². The monoisotopic (exact) mass is 373 g/mol. The molecule has 1 aromatic carbocycles. The molecule has 0 unspecified atom stereocenters. The number of allylic oxidation sites excluding steroid dienone is 3. The van der Waals surface area contributed by atoms with Gasteiger partial charge in [0.25, 0.3) is 0 Å². The molecule has 0 aromatic heterocycles. The van der Waals surface area contributed by atoms with E-state index >= 15 is 0 Å². The lowest BCUT2D eigenvalue weighted by Gasteiger charge is -2.27. The summed E-state index contributed by atoms with van der Waals surface area (Å²) in [5.41, 5.74) is 2.18. The van der Waals surface area contributed by atoms with Gasteiger partial charge < -0.3 is 21.1 Å². The molecule has 2 amide bonds. The number of aryl methyl sites for hydroxylation is 1. The third-order valence-electron chi connectivity index (χ3n) is 4.03. The second-order valence-corrected chi connectivity index (χ2v) is 7.47. The van der Waals surface area contributed by atoms with Crippen LogP contribution >= 0.6 is 0 Å². The molecule has 0 spiro atoms. The summed E-state index contributed by atoms with van der Waals surface area (Å²) >= 11 is 0. The maximum atomic E-state index is 12.1. The van der Waals surface area contributed by atoms with Crippen LogP contribution in [0.3, 0.4) is 0 Å². The van der Waals surface area contributed by atoms with Crippen molar-refractivity contribution in [2.24, 2.45) is 0 Å². The third-order valence-corrected chi connectivity index (χ3v) is 4.03. The maximum Gasteiger partial charge on any atom is 0.315 e. The fourth-order valence-corrected chi connectivity index (χ4v) is 2.86. The van der Waals surface area contributed by atoms with E-state index in [4.69, 9.17) is 0 Å². The lowest BCUT2D eigenvalue weighted by atomic mass is 9.92. The normalized spacial score (nSPS) is 13.3. The molecule has 1 aliphatic rings. The first-order valence-electron chi connectivity index (χ1n) is 9.64. The summed E-state index contributed by atoms with van der Waals surface area (Å²) in [6.45, 7) is 4.73. The van der Waals surface area contributed by atoms with Gasteiger partial charge in [-0.2, -0.15) is 0 Å². The molecule has 0 atom stereocenters. The molecule has 150 valence electrons. The molecule has 1 aromatic rings. The quantitative estimate of drug-likeness (QED) is 0.548. The van der Waals surface area contributed by atoms with E-state index in [1.54, 1.807) is 12.1 Å². The summed E-state index contributed by atoms with van der Waals surface area (Å²) < 4.78 is 0. The highest BCUT2D eigenvalue weighted by molar-refractivity contribution is 5.74. The minimum atomic E-state index is -0.269. The van der Waals surface area contributed by atoms with Gasteiger partial charge in [0.1, 0.15) is 5.75 Å². The second kappa shape index (κ2) is 12.2. The van der Waals surface area contributed by atoms with Crippen molar-refractivity contribution in [2.75, 3.05) is 20.6 Å². The number of carbonyl (C=O) groups excluding carboxylic acids is 1. The molecule has 5 nitrogen and oxygen atoms in total. The topological polar surface area (TPSA) is 73.4 Å². The van der Waals surface area contributed by atoms with E-state index in [2.05, 4.69) is 34.2 Å². The number of carbonyl (C=O) groups is 1. The Morgan fingerprint density at radius 2 is 1.81 bits per heavy atom. The molecule has 5 heteroatoms. The standard InChI is InChI=1S/C20H28N2O2.C2H7N/c1-20(2,15-17-7-4-3-5-8-17)22-19(24)21-14-6-9-16-10-12-18(23)13-11-16;1-3-2/h4,7-8,10-13,23H,3,5-6,9,14-15H2,1-2H3,(H2,21,22,24);3H,1-2H3. The lowest BCUT2D eigenvalue weighted by Crippen LogP contribution is -2.48. The average molecular weight is 374 g/mol. The smallest absolute Gasteiger partial charge is 0.315 e. The fourth-order valence-electron chi connectivity index (χ4n) is 2.86. The van der Waals surface area contributed by atoms with E-state index in [1.165, 1.54) is 5.57 Å². The molecule has 0 saturated carbocycles. The fraction of sp³-hybridized carbons (Fsp3) is 0.500. The van der Waals surface area contributed by atoms with E-state index in [9.17, 15) is 9.90 Å². The zero-order valence-corrected chi connectivity index (χ0v) is 17.1. The van der Waals surface area contributed by atoms with Gasteiger partial charge in [0.2, 0.25) is 0 Å². The summed E-state index contributed by atoms with van der Waals surface area (Å²) in [6, 6.07) is 7.07. The molecule has 27 heavy (non-hydrogen) atoms. The van der Waals surface area contributed by atoms with Gasteiger partial charge >= 0.3 is 6.03 Å². The minimum Gasteiger partial charge on any atom is -0.508 e. The molecule has 0 heterocycles. The van der Waals surface area contributed by atoms with E-state index < -0.39 is 0 Å². The maximum absolute atomic E-state index is 12.1. The van der Waals surface area contributed by atoms with Gasteiger partial charge in [-0.05, 0) is 77.7 Å². The van der Waals surface area contributed by atoms with Crippen molar-refractivity contribution in [1.82, 2.24) is 16.0 Å². The van der Waals surface area contributed by atoms with Gasteiger partial charge in [0.15, 0.2) is 0 Å². The number of phenols is 1. The minimum absolute atomic E-state index is 0.119. The molecule has 2 rings (SSSR count). The summed E-state index contributed by atoms with van der Waals surface area (Å²) in [5, 5.41) is 18.0. The van der Waals surface area contributed by atoms with Crippen LogP contribution in [-0.2, 0) is 6.42 Å². The average Bonchev–Trinajstić information content (AvgIpc) is 2.61. The SMILES string of the molecule is CC(C)(CC1=CCCC=C1)NC(=O)NCCCc1ccc(O)cc1.CNC. The molecule has 1 aliphatic carbocycles. The van der Waals surface area contributed by atoms with Gasteiger partial charge in [0, 0.05) is 12.1 Å². The van der Waals surface area contributed by atoms with Crippen LogP contribution in [0.1, 0.15) is 45.1 Å². The Morgan fingerprint density at radius 3 is 2.41 bits per heavy atom. The first-order valence-corrected chi connectivity index (χ1v) is 9.64. The number of hydrogen-bond donors (Lipinski definition) is 4. The largest absolute Gasteiger partial charge is 0.508 e. The van der Waals surface area contributed by atoms with E-state index in [-0.39, 0.29) is 17.3 Å². The molecule has 0 fully saturated rings. The van der Waals surface area contributed by atoms with Crippen LogP contribution in [-0.4, -0.2) is 37.3 Å². The predicted molar refractivity (Wildman–Crippen MR) is 113 cm³/mol. The van der Waals surface area contributed by atoms with Gasteiger partial charge in [-0.25, -0.2) is 4.79 Å². The molecular weight excluding hydrogens is 338 g/mol. The van der Waals surface area contributed by atoms with Gasteiger partial charge in [-0.15, -0.1) is 0 Å². The predicted octanol–water partition coefficient (Wildman–Crippen LogP) is 3.90. The van der Waals surface area contributed by atoms with Crippen LogP contribution < -0.4 is 16.0 Å². The molecule has 4 N–H and O–H groups in total. The van der Waals surface area contributed by atoms with Crippen LogP contribution in [0.4, 0.5) is 4.79 Å².